The quantitative estimate of drug-likeness (QED) is 0.444. The molecule has 0 aliphatic rings. The number of rotatable bonds is 6. The summed E-state index contributed by atoms with van der Waals surface area (Å²) < 4.78 is 1.34. The number of aromatic nitrogens is 3. The first-order valence-corrected chi connectivity index (χ1v) is 10.6. The van der Waals surface area contributed by atoms with E-state index in [-0.39, 0.29) is 11.5 Å². The lowest BCUT2D eigenvalue weighted by Gasteiger charge is -2.15. The lowest BCUT2D eigenvalue weighted by molar-refractivity contribution is 0.101. The average molecular weight is 435 g/mol. The van der Waals surface area contributed by atoms with E-state index < -0.39 is 0 Å². The van der Waals surface area contributed by atoms with Crippen LogP contribution in [-0.4, -0.2) is 20.8 Å². The number of nitrogens with zero attached hydrogens (tertiary/aromatic N) is 2. The zero-order chi connectivity index (χ0) is 22.0. The van der Waals surface area contributed by atoms with E-state index in [2.05, 4.69) is 22.5 Å². The van der Waals surface area contributed by atoms with Crippen LogP contribution in [0.3, 0.4) is 0 Å². The van der Waals surface area contributed by atoms with Crippen LogP contribution in [0.25, 0.3) is 22.2 Å². The molecule has 0 unspecified atom stereocenters. The number of hydrogen-bond donors (Lipinski definition) is 2. The SMILES string of the molecule is CCCCc1cc2c(-c3ccc(Cl)cc3)n[nH]c2c(=O)n1NC(=O)c1cccc(C)c1. The van der Waals surface area contributed by atoms with Gasteiger partial charge in [0, 0.05) is 27.2 Å². The molecule has 1 amide bonds. The summed E-state index contributed by atoms with van der Waals surface area (Å²) in [5.74, 6) is -0.333. The Kier molecular flexibility index (Phi) is 5.91. The van der Waals surface area contributed by atoms with Crippen LogP contribution in [0.2, 0.25) is 5.02 Å². The third-order valence-electron chi connectivity index (χ3n) is 5.22. The molecule has 4 rings (SSSR count). The third-order valence-corrected chi connectivity index (χ3v) is 5.47. The smallest absolute Gasteiger partial charge is 0.272 e. The van der Waals surface area contributed by atoms with Crippen LogP contribution in [0.15, 0.2) is 59.4 Å². The molecular weight excluding hydrogens is 412 g/mol. The minimum Gasteiger partial charge on any atom is -0.272 e. The Bertz CT molecular complexity index is 1310. The maximum Gasteiger partial charge on any atom is 0.295 e. The minimum atomic E-state index is -0.336. The number of unbranched alkanes of at least 4 members (excludes halogenated alkanes) is 1. The number of carbonyl (C=O) groups excluding carboxylic acids is 1. The van der Waals surface area contributed by atoms with Crippen LogP contribution >= 0.6 is 11.6 Å². The summed E-state index contributed by atoms with van der Waals surface area (Å²) >= 11 is 6.01. The second-order valence-electron chi connectivity index (χ2n) is 7.56. The van der Waals surface area contributed by atoms with Crippen molar-refractivity contribution in [2.75, 3.05) is 5.43 Å². The highest BCUT2D eigenvalue weighted by Gasteiger charge is 2.18. The summed E-state index contributed by atoms with van der Waals surface area (Å²) in [6.45, 7) is 4.01. The molecule has 31 heavy (non-hydrogen) atoms. The molecule has 0 fully saturated rings. The Morgan fingerprint density at radius 2 is 1.94 bits per heavy atom. The molecule has 0 spiro atoms. The molecular formula is C24H23ClN4O2. The predicted octanol–water partition coefficient (Wildman–Crippen LogP) is 5.08. The molecule has 0 radical (unpaired) electrons. The van der Waals surface area contributed by atoms with Crippen LogP contribution < -0.4 is 11.0 Å². The van der Waals surface area contributed by atoms with E-state index in [0.717, 1.165) is 35.0 Å². The number of aryl methyl sites for hydroxylation is 2. The van der Waals surface area contributed by atoms with Crippen molar-refractivity contribution in [3.8, 4) is 11.3 Å². The van der Waals surface area contributed by atoms with Crippen molar-refractivity contribution in [2.24, 2.45) is 0 Å². The van der Waals surface area contributed by atoms with Crippen LogP contribution in [-0.2, 0) is 6.42 Å². The molecule has 2 aromatic heterocycles. The van der Waals surface area contributed by atoms with Crippen LogP contribution in [0.4, 0.5) is 0 Å². The van der Waals surface area contributed by atoms with Crippen LogP contribution in [0, 0.1) is 6.92 Å². The van der Waals surface area contributed by atoms with E-state index in [1.165, 1.54) is 4.68 Å². The van der Waals surface area contributed by atoms with Gasteiger partial charge in [-0.1, -0.05) is 54.8 Å². The van der Waals surface area contributed by atoms with Crippen molar-refractivity contribution in [3.05, 3.63) is 86.8 Å². The van der Waals surface area contributed by atoms with Gasteiger partial charge in [0.2, 0.25) is 0 Å². The molecule has 4 aromatic rings. The molecule has 0 aliphatic heterocycles. The molecule has 6 nitrogen and oxygen atoms in total. The second kappa shape index (κ2) is 8.78. The lowest BCUT2D eigenvalue weighted by atomic mass is 10.1. The van der Waals surface area contributed by atoms with Crippen molar-refractivity contribution in [1.29, 1.82) is 0 Å². The molecule has 7 heteroatoms. The summed E-state index contributed by atoms with van der Waals surface area (Å²) in [6, 6.07) is 16.5. The summed E-state index contributed by atoms with van der Waals surface area (Å²) in [5, 5.41) is 8.58. The Labute approximate surface area is 184 Å². The number of H-pyrrole nitrogens is 1. The molecule has 2 heterocycles. The molecule has 0 bridgehead atoms. The Morgan fingerprint density at radius 3 is 2.65 bits per heavy atom. The lowest BCUT2D eigenvalue weighted by Crippen LogP contribution is -2.35. The van der Waals surface area contributed by atoms with E-state index in [0.29, 0.717) is 28.2 Å². The van der Waals surface area contributed by atoms with Crippen LogP contribution in [0.5, 0.6) is 0 Å². The normalized spacial score (nSPS) is 11.1. The first-order chi connectivity index (χ1) is 15.0. The van der Waals surface area contributed by atoms with Gasteiger partial charge < -0.3 is 0 Å². The van der Waals surface area contributed by atoms with Gasteiger partial charge in [0.25, 0.3) is 11.5 Å². The van der Waals surface area contributed by atoms with Gasteiger partial charge in [-0.15, -0.1) is 0 Å². The van der Waals surface area contributed by atoms with Crippen molar-refractivity contribution < 1.29 is 4.79 Å². The topological polar surface area (TPSA) is 79.8 Å². The van der Waals surface area contributed by atoms with Crippen molar-refractivity contribution >= 4 is 28.4 Å². The van der Waals surface area contributed by atoms with Gasteiger partial charge in [-0.2, -0.15) is 5.10 Å². The van der Waals surface area contributed by atoms with Crippen LogP contribution in [0.1, 0.15) is 41.4 Å². The fraction of sp³-hybridized carbons (Fsp3) is 0.208. The zero-order valence-corrected chi connectivity index (χ0v) is 18.2. The summed E-state index contributed by atoms with van der Waals surface area (Å²) in [7, 11) is 0. The number of amides is 1. The van der Waals surface area contributed by atoms with Gasteiger partial charge in [0.15, 0.2) is 0 Å². The summed E-state index contributed by atoms with van der Waals surface area (Å²) in [5.41, 5.74) is 6.53. The number of nitrogens with one attached hydrogen (secondary N) is 2. The first kappa shape index (κ1) is 20.9. The fourth-order valence-electron chi connectivity index (χ4n) is 3.57. The maximum atomic E-state index is 13.3. The predicted molar refractivity (Wildman–Crippen MR) is 124 cm³/mol. The van der Waals surface area contributed by atoms with E-state index in [4.69, 9.17) is 11.6 Å². The first-order valence-electron chi connectivity index (χ1n) is 10.2. The van der Waals surface area contributed by atoms with Crippen molar-refractivity contribution in [1.82, 2.24) is 14.9 Å². The monoisotopic (exact) mass is 434 g/mol. The number of benzene rings is 2. The van der Waals surface area contributed by atoms with Gasteiger partial charge in [0.1, 0.15) is 11.2 Å². The number of hydrogen-bond acceptors (Lipinski definition) is 3. The molecule has 158 valence electrons. The number of carbonyl (C=O) groups is 1. The van der Waals surface area contributed by atoms with E-state index in [1.807, 2.05) is 37.3 Å². The van der Waals surface area contributed by atoms with E-state index >= 15 is 0 Å². The molecule has 2 N–H and O–H groups in total. The van der Waals surface area contributed by atoms with Gasteiger partial charge >= 0.3 is 0 Å². The van der Waals surface area contributed by atoms with Gasteiger partial charge in [-0.05, 0) is 50.1 Å². The maximum absolute atomic E-state index is 13.3. The van der Waals surface area contributed by atoms with Crippen molar-refractivity contribution in [3.63, 3.8) is 0 Å². The Morgan fingerprint density at radius 1 is 1.16 bits per heavy atom. The minimum absolute atomic E-state index is 0.333. The highest BCUT2D eigenvalue weighted by molar-refractivity contribution is 6.30. The standard InChI is InChI=1S/C24H23ClN4O2/c1-3-4-8-19-14-20-21(16-9-11-18(25)12-10-16)26-27-22(20)24(31)29(19)28-23(30)17-7-5-6-15(2)13-17/h5-7,9-14H,3-4,8H2,1-2H3,(H,26,27)(H,28,30). The summed E-state index contributed by atoms with van der Waals surface area (Å²) in [4.78, 5) is 26.1. The highest BCUT2D eigenvalue weighted by Crippen LogP contribution is 2.27. The number of fused-ring (bicyclic) bond motifs is 1. The number of aromatic amines is 1. The zero-order valence-electron chi connectivity index (χ0n) is 17.4. The molecule has 0 saturated heterocycles. The average Bonchev–Trinajstić information content (AvgIpc) is 3.19. The van der Waals surface area contributed by atoms with Gasteiger partial charge in [-0.25, -0.2) is 4.68 Å². The van der Waals surface area contributed by atoms with Crippen molar-refractivity contribution in [2.45, 2.75) is 33.1 Å². The Balaban J connectivity index is 1.81. The molecule has 0 aliphatic carbocycles. The Hall–Kier alpha value is -3.38. The summed E-state index contributed by atoms with van der Waals surface area (Å²) in [6.07, 6.45) is 2.51. The largest absolute Gasteiger partial charge is 0.295 e. The molecule has 2 aromatic carbocycles. The molecule has 0 atom stereocenters. The second-order valence-corrected chi connectivity index (χ2v) is 7.99. The van der Waals surface area contributed by atoms with E-state index in [9.17, 15) is 9.59 Å². The number of halogens is 1. The third kappa shape index (κ3) is 4.25. The van der Waals surface area contributed by atoms with E-state index in [1.54, 1.807) is 24.3 Å². The van der Waals surface area contributed by atoms with Gasteiger partial charge in [0.05, 0.1) is 0 Å². The molecule has 0 saturated carbocycles. The van der Waals surface area contributed by atoms with Gasteiger partial charge in [-0.3, -0.25) is 20.1 Å². The fourth-order valence-corrected chi connectivity index (χ4v) is 3.70. The highest BCUT2D eigenvalue weighted by atomic mass is 35.5. The number of pyridine rings is 1.